The van der Waals surface area contributed by atoms with E-state index >= 15 is 0 Å². The van der Waals surface area contributed by atoms with Crippen molar-refractivity contribution < 1.29 is 47.5 Å². The predicted molar refractivity (Wildman–Crippen MR) is 182 cm³/mol. The molecule has 0 saturated heterocycles. The summed E-state index contributed by atoms with van der Waals surface area (Å²) in [6.45, 7) is 8.06. The molecule has 0 aliphatic carbocycles. The van der Waals surface area contributed by atoms with E-state index in [2.05, 4.69) is 16.0 Å². The number of ether oxygens (including phenoxy) is 7. The number of methoxy groups -OCH3 is 1. The van der Waals surface area contributed by atoms with Gasteiger partial charge in [-0.05, 0) is 44.5 Å². The number of hydrogen-bond donors (Lipinski definition) is 3. The first kappa shape index (κ1) is 41.0. The first-order valence-corrected chi connectivity index (χ1v) is 16.3. The van der Waals surface area contributed by atoms with Crippen LogP contribution in [0, 0.1) is 0 Å². The first-order valence-electron chi connectivity index (χ1n) is 15.5. The van der Waals surface area contributed by atoms with Gasteiger partial charge in [0.05, 0.1) is 88.2 Å². The van der Waals surface area contributed by atoms with Gasteiger partial charge in [-0.15, -0.1) is 0 Å². The minimum atomic E-state index is -1.06. The third kappa shape index (κ3) is 17.8. The van der Waals surface area contributed by atoms with Crippen LogP contribution < -0.4 is 16.0 Å². The number of amides is 2. The van der Waals surface area contributed by atoms with Gasteiger partial charge in [0.2, 0.25) is 5.91 Å². The molecule has 1 atom stereocenters. The number of rotatable bonds is 23. The average molecular weight is 717 g/mol. The van der Waals surface area contributed by atoms with Crippen LogP contribution in [-0.2, 0) is 49.2 Å². The summed E-state index contributed by atoms with van der Waals surface area (Å²) in [6.07, 6.45) is -0.810. The molecule has 0 unspecified atom stereocenters. The predicted octanol–water partition coefficient (Wildman–Crippen LogP) is 4.55. The number of para-hydroxylation sites is 2. The van der Waals surface area contributed by atoms with Gasteiger partial charge in [0.1, 0.15) is 18.2 Å². The zero-order chi connectivity index (χ0) is 35.2. The van der Waals surface area contributed by atoms with Gasteiger partial charge in [-0.1, -0.05) is 47.5 Å². The summed E-state index contributed by atoms with van der Waals surface area (Å²) >= 11 is 12.6. The Balaban J connectivity index is 1.76. The molecule has 0 spiro atoms. The third-order valence-corrected chi connectivity index (χ3v) is 6.71. The summed E-state index contributed by atoms with van der Waals surface area (Å²) in [7, 11) is 1.61. The zero-order valence-electron chi connectivity index (χ0n) is 27.9. The molecular weight excluding hydrogens is 669 g/mol. The van der Waals surface area contributed by atoms with Gasteiger partial charge in [-0.2, -0.15) is 0 Å². The largest absolute Gasteiger partial charge is 0.464 e. The molecule has 2 aromatic carbocycles. The smallest absolute Gasteiger partial charge is 0.408 e. The van der Waals surface area contributed by atoms with E-state index in [1.54, 1.807) is 64.3 Å². The fraction of sp³-hybridized carbons (Fsp3) is 0.545. The van der Waals surface area contributed by atoms with Crippen LogP contribution in [0.15, 0.2) is 42.5 Å². The Morgan fingerprint density at radius 1 is 0.771 bits per heavy atom. The number of benzene rings is 2. The number of carbonyl (C=O) groups is 3. The van der Waals surface area contributed by atoms with Gasteiger partial charge in [0.15, 0.2) is 0 Å². The van der Waals surface area contributed by atoms with Crippen LogP contribution in [-0.4, -0.2) is 109 Å². The normalized spacial score (nSPS) is 11.9. The second-order valence-electron chi connectivity index (χ2n) is 11.2. The van der Waals surface area contributed by atoms with Crippen molar-refractivity contribution in [2.75, 3.05) is 85.0 Å². The van der Waals surface area contributed by atoms with Crippen LogP contribution in [0.25, 0.3) is 0 Å². The summed E-state index contributed by atoms with van der Waals surface area (Å²) < 4.78 is 37.3. The van der Waals surface area contributed by atoms with E-state index in [1.165, 1.54) is 0 Å². The van der Waals surface area contributed by atoms with Crippen LogP contribution in [0.3, 0.4) is 0 Å². The first-order chi connectivity index (χ1) is 23.0. The summed E-state index contributed by atoms with van der Waals surface area (Å²) in [5.74, 6) is -1.04. The van der Waals surface area contributed by atoms with E-state index in [0.29, 0.717) is 66.6 Å². The minimum Gasteiger partial charge on any atom is -0.464 e. The number of carbonyl (C=O) groups excluding carboxylic acids is 3. The molecule has 2 rings (SSSR count). The fourth-order valence-electron chi connectivity index (χ4n) is 3.85. The monoisotopic (exact) mass is 715 g/mol. The molecule has 0 fully saturated rings. The number of nitrogens with one attached hydrogen (secondary N) is 3. The van der Waals surface area contributed by atoms with Gasteiger partial charge in [0, 0.05) is 12.8 Å². The maximum atomic E-state index is 12.9. The second kappa shape index (κ2) is 23.2. The number of anilines is 2. The molecule has 0 radical (unpaired) electrons. The van der Waals surface area contributed by atoms with Crippen LogP contribution >= 0.6 is 23.2 Å². The molecule has 3 N–H and O–H groups in total. The van der Waals surface area contributed by atoms with Gasteiger partial charge in [-0.3, -0.25) is 9.59 Å². The highest BCUT2D eigenvalue weighted by molar-refractivity contribution is 6.39. The summed E-state index contributed by atoms with van der Waals surface area (Å²) in [4.78, 5) is 37.9. The van der Waals surface area contributed by atoms with Crippen molar-refractivity contribution in [3.8, 4) is 0 Å². The van der Waals surface area contributed by atoms with Crippen molar-refractivity contribution in [1.29, 1.82) is 0 Å². The van der Waals surface area contributed by atoms with Gasteiger partial charge < -0.3 is 49.1 Å². The van der Waals surface area contributed by atoms with Crippen LogP contribution in [0.4, 0.5) is 16.2 Å². The van der Waals surface area contributed by atoms with Crippen LogP contribution in [0.1, 0.15) is 26.3 Å². The van der Waals surface area contributed by atoms with Crippen molar-refractivity contribution in [2.45, 2.75) is 38.8 Å². The molecule has 13 nitrogen and oxygen atoms in total. The summed E-state index contributed by atoms with van der Waals surface area (Å²) in [6, 6.07) is 11.3. The van der Waals surface area contributed by atoms with Crippen molar-refractivity contribution in [3.05, 3.63) is 58.1 Å². The molecule has 48 heavy (non-hydrogen) atoms. The topological polar surface area (TPSA) is 152 Å². The van der Waals surface area contributed by atoms with Crippen molar-refractivity contribution in [3.63, 3.8) is 0 Å². The molecule has 15 heteroatoms. The summed E-state index contributed by atoms with van der Waals surface area (Å²) in [5.41, 5.74) is 1.07. The molecule has 0 bridgehead atoms. The maximum absolute atomic E-state index is 12.9. The lowest BCUT2D eigenvalue weighted by molar-refractivity contribution is -0.143. The fourth-order valence-corrected chi connectivity index (χ4v) is 4.34. The highest BCUT2D eigenvalue weighted by atomic mass is 35.5. The Bertz CT molecular complexity index is 1240. The van der Waals surface area contributed by atoms with Crippen LogP contribution in [0.5, 0.6) is 0 Å². The van der Waals surface area contributed by atoms with E-state index in [-0.39, 0.29) is 39.4 Å². The molecule has 0 aliphatic rings. The van der Waals surface area contributed by atoms with Crippen molar-refractivity contribution >= 4 is 52.5 Å². The number of esters is 1. The Hall–Kier alpha value is -3.17. The Morgan fingerprint density at radius 3 is 1.96 bits per heavy atom. The highest BCUT2D eigenvalue weighted by Gasteiger charge is 2.24. The number of halogens is 2. The molecule has 0 aliphatic heterocycles. The van der Waals surface area contributed by atoms with E-state index in [4.69, 9.17) is 56.4 Å². The minimum absolute atomic E-state index is 0.00668. The average Bonchev–Trinajstić information content (AvgIpc) is 3.02. The molecule has 0 heterocycles. The van der Waals surface area contributed by atoms with Crippen molar-refractivity contribution in [1.82, 2.24) is 10.6 Å². The van der Waals surface area contributed by atoms with E-state index in [1.807, 2.05) is 6.07 Å². The Kier molecular flexibility index (Phi) is 19.8. The van der Waals surface area contributed by atoms with E-state index in [9.17, 15) is 14.4 Å². The number of alkyl carbamates (subject to hydrolysis) is 1. The molecule has 2 aromatic rings. The maximum Gasteiger partial charge on any atom is 0.408 e. The quantitative estimate of drug-likeness (QED) is 0.110. The standard InChI is InChI=1S/C33H47Cl2N3O10/c1-33(2,3)48-32(41)38-28(23-46-21-20-45-19-18-44-17-16-43-15-14-42-4)31(40)36-12-13-47-29(39)22-24-8-5-6-11-27(24)37-30-25(34)9-7-10-26(30)35/h5-11,28,37H,12-23H2,1-4H3,(H,36,40)(H,38,41)/t28-/m0/s1. The lowest BCUT2D eigenvalue weighted by Crippen LogP contribution is -2.51. The lowest BCUT2D eigenvalue weighted by atomic mass is 10.1. The molecule has 2 amide bonds. The van der Waals surface area contributed by atoms with Crippen LogP contribution in [0.2, 0.25) is 10.0 Å². The second-order valence-corrected chi connectivity index (χ2v) is 12.0. The van der Waals surface area contributed by atoms with Gasteiger partial charge in [-0.25, -0.2) is 4.79 Å². The highest BCUT2D eigenvalue weighted by Crippen LogP contribution is 2.33. The van der Waals surface area contributed by atoms with E-state index < -0.39 is 29.6 Å². The Labute approximate surface area is 292 Å². The van der Waals surface area contributed by atoms with Gasteiger partial charge in [0.25, 0.3) is 0 Å². The molecule has 268 valence electrons. The van der Waals surface area contributed by atoms with Gasteiger partial charge >= 0.3 is 12.1 Å². The summed E-state index contributed by atoms with van der Waals surface area (Å²) in [5, 5.41) is 9.22. The molecule has 0 saturated carbocycles. The number of hydrogen-bond acceptors (Lipinski definition) is 11. The van der Waals surface area contributed by atoms with E-state index in [0.717, 1.165) is 0 Å². The zero-order valence-corrected chi connectivity index (χ0v) is 29.5. The SMILES string of the molecule is COCCOCCOCCOCCOC[C@H](NC(=O)OC(C)(C)C)C(=O)NCCOC(=O)Cc1ccccc1Nc1c(Cl)cccc1Cl. The third-order valence-electron chi connectivity index (χ3n) is 6.08. The molecule has 0 aromatic heterocycles. The lowest BCUT2D eigenvalue weighted by Gasteiger charge is -2.23. The Morgan fingerprint density at radius 2 is 1.35 bits per heavy atom. The van der Waals surface area contributed by atoms with Crippen molar-refractivity contribution in [2.24, 2.45) is 0 Å². The molecular formula is C33H47Cl2N3O10.